The Morgan fingerprint density at radius 2 is 1.85 bits per heavy atom. The SMILES string of the molecule is CC(NC(=O)c1ccc(-c2ccc(F)cc2)s1)c1ccc2c(c1)OCO2. The van der Waals surface area contributed by atoms with Gasteiger partial charge in [-0.3, -0.25) is 4.79 Å². The van der Waals surface area contributed by atoms with Crippen LogP contribution < -0.4 is 14.8 Å². The van der Waals surface area contributed by atoms with E-state index in [0.29, 0.717) is 10.6 Å². The maximum absolute atomic E-state index is 13.0. The number of halogens is 1. The molecule has 6 heteroatoms. The number of fused-ring (bicyclic) bond motifs is 1. The molecule has 1 aromatic heterocycles. The lowest BCUT2D eigenvalue weighted by Crippen LogP contribution is -2.25. The molecule has 1 atom stereocenters. The summed E-state index contributed by atoms with van der Waals surface area (Å²) < 4.78 is 23.7. The molecule has 0 fully saturated rings. The zero-order valence-corrected chi connectivity index (χ0v) is 14.8. The maximum atomic E-state index is 13.0. The molecule has 0 saturated carbocycles. The number of thiophene rings is 1. The summed E-state index contributed by atoms with van der Waals surface area (Å²) in [5, 5.41) is 2.99. The summed E-state index contributed by atoms with van der Waals surface area (Å²) in [6.45, 7) is 2.14. The van der Waals surface area contributed by atoms with Crippen molar-refractivity contribution in [1.29, 1.82) is 0 Å². The predicted molar refractivity (Wildman–Crippen MR) is 98.2 cm³/mol. The van der Waals surface area contributed by atoms with E-state index >= 15 is 0 Å². The Morgan fingerprint density at radius 3 is 2.65 bits per heavy atom. The van der Waals surface area contributed by atoms with Crippen molar-refractivity contribution in [2.45, 2.75) is 13.0 Å². The smallest absolute Gasteiger partial charge is 0.261 e. The van der Waals surface area contributed by atoms with Gasteiger partial charge in [0.05, 0.1) is 10.9 Å². The Balaban J connectivity index is 1.47. The molecule has 1 amide bonds. The van der Waals surface area contributed by atoms with E-state index in [4.69, 9.17) is 9.47 Å². The minimum atomic E-state index is -0.277. The molecule has 1 N–H and O–H groups in total. The van der Waals surface area contributed by atoms with Gasteiger partial charge in [-0.2, -0.15) is 0 Å². The summed E-state index contributed by atoms with van der Waals surface area (Å²) in [7, 11) is 0. The van der Waals surface area contributed by atoms with Gasteiger partial charge in [-0.25, -0.2) is 4.39 Å². The Kier molecular flexibility index (Phi) is 4.34. The van der Waals surface area contributed by atoms with Crippen LogP contribution in [0.4, 0.5) is 4.39 Å². The van der Waals surface area contributed by atoms with Crippen LogP contribution in [0, 0.1) is 5.82 Å². The van der Waals surface area contributed by atoms with Gasteiger partial charge >= 0.3 is 0 Å². The molecule has 1 aliphatic rings. The predicted octanol–water partition coefficient (Wildman–Crippen LogP) is 4.77. The van der Waals surface area contributed by atoms with Crippen molar-refractivity contribution in [3.63, 3.8) is 0 Å². The lowest BCUT2D eigenvalue weighted by atomic mass is 10.1. The van der Waals surface area contributed by atoms with Crippen LogP contribution in [0.2, 0.25) is 0 Å². The Morgan fingerprint density at radius 1 is 1.08 bits per heavy atom. The molecule has 26 heavy (non-hydrogen) atoms. The number of nitrogens with one attached hydrogen (secondary N) is 1. The number of benzene rings is 2. The van der Waals surface area contributed by atoms with Crippen LogP contribution in [0.25, 0.3) is 10.4 Å². The van der Waals surface area contributed by atoms with Gasteiger partial charge in [-0.15, -0.1) is 11.3 Å². The Hall–Kier alpha value is -2.86. The number of ether oxygens (including phenoxy) is 2. The zero-order valence-electron chi connectivity index (χ0n) is 14.0. The molecule has 4 nitrogen and oxygen atoms in total. The fraction of sp³-hybridized carbons (Fsp3) is 0.150. The number of hydrogen-bond acceptors (Lipinski definition) is 4. The summed E-state index contributed by atoms with van der Waals surface area (Å²) >= 11 is 1.38. The van der Waals surface area contributed by atoms with Crippen LogP contribution in [-0.2, 0) is 0 Å². The Labute approximate surface area is 154 Å². The number of carbonyl (C=O) groups is 1. The molecule has 0 radical (unpaired) electrons. The van der Waals surface area contributed by atoms with E-state index in [1.807, 2.05) is 31.2 Å². The minimum absolute atomic E-state index is 0.145. The van der Waals surface area contributed by atoms with Gasteiger partial charge < -0.3 is 14.8 Å². The monoisotopic (exact) mass is 369 g/mol. The highest BCUT2D eigenvalue weighted by molar-refractivity contribution is 7.17. The highest BCUT2D eigenvalue weighted by Gasteiger charge is 2.18. The standard InChI is InChI=1S/C20H16FNO3S/c1-12(14-4-7-16-17(10-14)25-11-24-16)22-20(23)19-9-8-18(26-19)13-2-5-15(21)6-3-13/h2-10,12H,11H2,1H3,(H,22,23). The Bertz CT molecular complexity index is 952. The normalized spacial score (nSPS) is 13.5. The first-order valence-electron chi connectivity index (χ1n) is 8.16. The molecule has 2 heterocycles. The van der Waals surface area contributed by atoms with Gasteiger partial charge in [0.1, 0.15) is 5.82 Å². The third-order valence-corrected chi connectivity index (χ3v) is 5.34. The molecule has 0 bridgehead atoms. The summed E-state index contributed by atoms with van der Waals surface area (Å²) in [4.78, 5) is 14.1. The van der Waals surface area contributed by atoms with E-state index in [0.717, 1.165) is 21.8 Å². The van der Waals surface area contributed by atoms with Gasteiger partial charge in [0, 0.05) is 4.88 Å². The maximum Gasteiger partial charge on any atom is 0.261 e. The van der Waals surface area contributed by atoms with E-state index < -0.39 is 0 Å². The van der Waals surface area contributed by atoms with Gasteiger partial charge in [0.2, 0.25) is 6.79 Å². The molecular formula is C20H16FNO3S. The van der Waals surface area contributed by atoms with Crippen molar-refractivity contribution in [2.75, 3.05) is 6.79 Å². The average molecular weight is 369 g/mol. The zero-order chi connectivity index (χ0) is 18.1. The molecular weight excluding hydrogens is 353 g/mol. The van der Waals surface area contributed by atoms with Crippen LogP contribution >= 0.6 is 11.3 Å². The van der Waals surface area contributed by atoms with Crippen LogP contribution in [-0.4, -0.2) is 12.7 Å². The second-order valence-electron chi connectivity index (χ2n) is 5.98. The first-order chi connectivity index (χ1) is 12.6. The van der Waals surface area contributed by atoms with Crippen LogP contribution in [0.1, 0.15) is 28.2 Å². The van der Waals surface area contributed by atoms with Crippen molar-refractivity contribution in [3.05, 3.63) is 70.9 Å². The molecule has 2 aromatic carbocycles. The summed E-state index contributed by atoms with van der Waals surface area (Å²) in [5.41, 5.74) is 1.83. The first kappa shape index (κ1) is 16.6. The summed E-state index contributed by atoms with van der Waals surface area (Å²) in [6, 6.07) is 15.4. The third kappa shape index (κ3) is 3.28. The van der Waals surface area contributed by atoms with Gasteiger partial charge in [-0.05, 0) is 54.4 Å². The molecule has 0 saturated heterocycles. The minimum Gasteiger partial charge on any atom is -0.454 e. The quantitative estimate of drug-likeness (QED) is 0.720. The average Bonchev–Trinajstić information content (AvgIpc) is 3.31. The molecule has 1 aliphatic heterocycles. The molecule has 3 aromatic rings. The number of amides is 1. The second kappa shape index (κ2) is 6.80. The topological polar surface area (TPSA) is 47.6 Å². The third-order valence-electron chi connectivity index (χ3n) is 4.20. The van der Waals surface area contributed by atoms with Crippen molar-refractivity contribution >= 4 is 17.2 Å². The van der Waals surface area contributed by atoms with E-state index in [1.165, 1.54) is 23.5 Å². The molecule has 1 unspecified atom stereocenters. The van der Waals surface area contributed by atoms with Gasteiger partial charge in [0.25, 0.3) is 5.91 Å². The van der Waals surface area contributed by atoms with E-state index in [9.17, 15) is 9.18 Å². The lowest BCUT2D eigenvalue weighted by Gasteiger charge is -2.14. The highest BCUT2D eigenvalue weighted by Crippen LogP contribution is 2.34. The fourth-order valence-electron chi connectivity index (χ4n) is 2.76. The number of hydrogen-bond donors (Lipinski definition) is 1. The second-order valence-corrected chi connectivity index (χ2v) is 7.06. The number of carbonyl (C=O) groups excluding carboxylic acids is 1. The van der Waals surface area contributed by atoms with E-state index in [-0.39, 0.29) is 24.6 Å². The number of rotatable bonds is 4. The molecule has 0 aliphatic carbocycles. The molecule has 4 rings (SSSR count). The molecule has 0 spiro atoms. The summed E-state index contributed by atoms with van der Waals surface area (Å²) in [5.74, 6) is 0.988. The molecule has 132 valence electrons. The van der Waals surface area contributed by atoms with E-state index in [1.54, 1.807) is 18.2 Å². The van der Waals surface area contributed by atoms with Crippen molar-refractivity contribution in [3.8, 4) is 21.9 Å². The highest BCUT2D eigenvalue weighted by atomic mass is 32.1. The van der Waals surface area contributed by atoms with Crippen molar-refractivity contribution in [1.82, 2.24) is 5.32 Å². The lowest BCUT2D eigenvalue weighted by molar-refractivity contribution is 0.0944. The van der Waals surface area contributed by atoms with Gasteiger partial charge in [-0.1, -0.05) is 18.2 Å². The van der Waals surface area contributed by atoms with Crippen molar-refractivity contribution in [2.24, 2.45) is 0 Å². The fourth-order valence-corrected chi connectivity index (χ4v) is 3.68. The first-order valence-corrected chi connectivity index (χ1v) is 8.98. The van der Waals surface area contributed by atoms with Gasteiger partial charge in [0.15, 0.2) is 11.5 Å². The van der Waals surface area contributed by atoms with E-state index in [2.05, 4.69) is 5.32 Å². The summed E-state index contributed by atoms with van der Waals surface area (Å²) in [6.07, 6.45) is 0. The van der Waals surface area contributed by atoms with Crippen molar-refractivity contribution < 1.29 is 18.7 Å². The van der Waals surface area contributed by atoms with Crippen LogP contribution in [0.15, 0.2) is 54.6 Å². The largest absolute Gasteiger partial charge is 0.454 e. The van der Waals surface area contributed by atoms with Crippen LogP contribution in [0.3, 0.4) is 0 Å². The van der Waals surface area contributed by atoms with Crippen LogP contribution in [0.5, 0.6) is 11.5 Å².